The van der Waals surface area contributed by atoms with Crippen LogP contribution >= 0.6 is 11.6 Å². The van der Waals surface area contributed by atoms with Crippen molar-refractivity contribution in [2.75, 3.05) is 5.32 Å². The van der Waals surface area contributed by atoms with Crippen LogP contribution in [-0.4, -0.2) is 9.78 Å². The van der Waals surface area contributed by atoms with Gasteiger partial charge < -0.3 is 5.32 Å². The lowest BCUT2D eigenvalue weighted by Crippen LogP contribution is -2.00. The molecule has 1 aliphatic heterocycles. The van der Waals surface area contributed by atoms with Crippen LogP contribution in [0.2, 0.25) is 5.02 Å². The van der Waals surface area contributed by atoms with Crippen molar-refractivity contribution in [3.8, 4) is 0 Å². The molecule has 0 spiro atoms. The Kier molecular flexibility index (Phi) is 2.14. The highest BCUT2D eigenvalue weighted by atomic mass is 35.5. The molecule has 0 saturated heterocycles. The number of hydrogen-bond donors (Lipinski definition) is 1. The lowest BCUT2D eigenvalue weighted by atomic mass is 10.1. The highest BCUT2D eigenvalue weighted by Crippen LogP contribution is 2.28. The maximum atomic E-state index is 6.02. The molecule has 0 fully saturated rings. The van der Waals surface area contributed by atoms with Gasteiger partial charge in [0, 0.05) is 42.0 Å². The monoisotopic (exact) mass is 233 g/mol. The van der Waals surface area contributed by atoms with Crippen LogP contribution in [0.3, 0.4) is 0 Å². The zero-order valence-corrected chi connectivity index (χ0v) is 9.75. The Bertz CT molecular complexity index is 545. The van der Waals surface area contributed by atoms with Crippen LogP contribution in [0.15, 0.2) is 24.4 Å². The fourth-order valence-corrected chi connectivity index (χ4v) is 2.33. The van der Waals surface area contributed by atoms with Crippen LogP contribution in [-0.2, 0) is 20.0 Å². The molecule has 82 valence electrons. The third-order valence-electron chi connectivity index (χ3n) is 3.04. The van der Waals surface area contributed by atoms with Crippen molar-refractivity contribution in [1.82, 2.24) is 9.78 Å². The van der Waals surface area contributed by atoms with Crippen molar-refractivity contribution in [1.29, 1.82) is 0 Å². The molecule has 0 saturated carbocycles. The fourth-order valence-electron chi connectivity index (χ4n) is 2.14. The summed E-state index contributed by atoms with van der Waals surface area (Å²) in [6, 6.07) is 5.98. The van der Waals surface area contributed by atoms with E-state index in [1.807, 2.05) is 36.1 Å². The highest BCUT2D eigenvalue weighted by Gasteiger charge is 2.15. The maximum Gasteiger partial charge on any atom is 0.0542 e. The molecule has 1 N–H and O–H groups in total. The molecule has 0 aliphatic carbocycles. The molecule has 1 aliphatic rings. The van der Waals surface area contributed by atoms with Crippen LogP contribution in [0, 0.1) is 0 Å². The first-order valence-corrected chi connectivity index (χ1v) is 5.64. The van der Waals surface area contributed by atoms with E-state index in [1.54, 1.807) is 0 Å². The standard InChI is InChI=1S/C12H12ClN3/c1-16-12-5-8-4-10(13)2-3-11(8)14-6-9(12)7-15-16/h2-4,7,14H,5-6H2,1H3. The Morgan fingerprint density at radius 3 is 3.12 bits per heavy atom. The number of aryl methyl sites for hydroxylation is 1. The fraction of sp³-hybridized carbons (Fsp3) is 0.250. The molecule has 16 heavy (non-hydrogen) atoms. The summed E-state index contributed by atoms with van der Waals surface area (Å²) in [5.41, 5.74) is 4.92. The van der Waals surface area contributed by atoms with Gasteiger partial charge in [0.1, 0.15) is 0 Å². The molecule has 0 bridgehead atoms. The molecule has 1 aromatic heterocycles. The van der Waals surface area contributed by atoms with Crippen molar-refractivity contribution in [2.45, 2.75) is 13.0 Å². The molecule has 0 atom stereocenters. The van der Waals surface area contributed by atoms with Crippen molar-refractivity contribution < 1.29 is 0 Å². The molecule has 3 nitrogen and oxygen atoms in total. The number of anilines is 1. The van der Waals surface area contributed by atoms with Crippen molar-refractivity contribution >= 4 is 17.3 Å². The van der Waals surface area contributed by atoms with E-state index in [0.717, 1.165) is 18.0 Å². The van der Waals surface area contributed by atoms with Gasteiger partial charge in [0.2, 0.25) is 0 Å². The predicted molar refractivity (Wildman–Crippen MR) is 64.8 cm³/mol. The molecule has 4 heteroatoms. The molecule has 1 aromatic carbocycles. The largest absolute Gasteiger partial charge is 0.381 e. The third kappa shape index (κ3) is 1.48. The Labute approximate surface area is 99.0 Å². The van der Waals surface area contributed by atoms with Gasteiger partial charge >= 0.3 is 0 Å². The van der Waals surface area contributed by atoms with E-state index >= 15 is 0 Å². The van der Waals surface area contributed by atoms with Gasteiger partial charge in [-0.25, -0.2) is 0 Å². The molecule has 2 aromatic rings. The van der Waals surface area contributed by atoms with E-state index < -0.39 is 0 Å². The van der Waals surface area contributed by atoms with E-state index in [0.29, 0.717) is 0 Å². The summed E-state index contributed by atoms with van der Waals surface area (Å²) in [6.45, 7) is 0.831. The molecule has 0 radical (unpaired) electrons. The number of hydrogen-bond acceptors (Lipinski definition) is 2. The Morgan fingerprint density at radius 1 is 1.38 bits per heavy atom. The van der Waals surface area contributed by atoms with Gasteiger partial charge in [0.25, 0.3) is 0 Å². The molecule has 3 rings (SSSR count). The summed E-state index contributed by atoms with van der Waals surface area (Å²) in [7, 11) is 1.98. The quantitative estimate of drug-likeness (QED) is 0.758. The summed E-state index contributed by atoms with van der Waals surface area (Å²) < 4.78 is 1.94. The Morgan fingerprint density at radius 2 is 2.25 bits per heavy atom. The van der Waals surface area contributed by atoms with Crippen LogP contribution in [0.4, 0.5) is 5.69 Å². The summed E-state index contributed by atoms with van der Waals surface area (Å²) in [6.07, 6.45) is 2.81. The number of nitrogens with one attached hydrogen (secondary N) is 1. The lowest BCUT2D eigenvalue weighted by molar-refractivity contribution is 0.723. The minimum absolute atomic E-state index is 0.783. The summed E-state index contributed by atoms with van der Waals surface area (Å²) >= 11 is 6.02. The number of fused-ring (bicyclic) bond motifs is 2. The zero-order valence-electron chi connectivity index (χ0n) is 9.00. The first kappa shape index (κ1) is 9.73. The van der Waals surface area contributed by atoms with Crippen LogP contribution in [0.25, 0.3) is 0 Å². The lowest BCUT2D eigenvalue weighted by Gasteiger charge is -2.07. The molecule has 0 amide bonds. The van der Waals surface area contributed by atoms with E-state index in [9.17, 15) is 0 Å². The minimum atomic E-state index is 0.783. The molecular weight excluding hydrogens is 222 g/mol. The number of aromatic nitrogens is 2. The van der Waals surface area contributed by atoms with Crippen molar-refractivity contribution in [3.05, 3.63) is 46.2 Å². The summed E-state index contributed by atoms with van der Waals surface area (Å²) in [4.78, 5) is 0. The maximum absolute atomic E-state index is 6.02. The number of nitrogens with zero attached hydrogens (tertiary/aromatic N) is 2. The zero-order chi connectivity index (χ0) is 11.1. The number of benzene rings is 1. The van der Waals surface area contributed by atoms with E-state index in [1.165, 1.54) is 22.5 Å². The molecule has 2 heterocycles. The van der Waals surface area contributed by atoms with E-state index in [4.69, 9.17) is 11.6 Å². The van der Waals surface area contributed by atoms with Gasteiger partial charge in [-0.2, -0.15) is 5.10 Å². The smallest absolute Gasteiger partial charge is 0.0542 e. The number of rotatable bonds is 0. The van der Waals surface area contributed by atoms with E-state index in [-0.39, 0.29) is 0 Å². The van der Waals surface area contributed by atoms with Crippen LogP contribution in [0.1, 0.15) is 16.8 Å². The van der Waals surface area contributed by atoms with Crippen LogP contribution < -0.4 is 5.32 Å². The topological polar surface area (TPSA) is 29.9 Å². The number of halogens is 1. The van der Waals surface area contributed by atoms with Gasteiger partial charge in [-0.05, 0) is 23.8 Å². The second kappa shape index (κ2) is 3.52. The summed E-state index contributed by atoms with van der Waals surface area (Å²) in [5, 5.41) is 8.47. The third-order valence-corrected chi connectivity index (χ3v) is 3.28. The summed E-state index contributed by atoms with van der Waals surface area (Å²) in [5.74, 6) is 0. The van der Waals surface area contributed by atoms with Crippen LogP contribution in [0.5, 0.6) is 0 Å². The average Bonchev–Trinajstić information content (AvgIpc) is 2.51. The minimum Gasteiger partial charge on any atom is -0.381 e. The van der Waals surface area contributed by atoms with Gasteiger partial charge in [0.05, 0.1) is 6.20 Å². The highest BCUT2D eigenvalue weighted by molar-refractivity contribution is 6.30. The first-order valence-electron chi connectivity index (χ1n) is 5.26. The predicted octanol–water partition coefficient (Wildman–Crippen LogP) is 2.59. The molecular formula is C12H12ClN3. The van der Waals surface area contributed by atoms with Gasteiger partial charge in [0.15, 0.2) is 0 Å². The van der Waals surface area contributed by atoms with Gasteiger partial charge in [-0.1, -0.05) is 11.6 Å². The Hall–Kier alpha value is -1.48. The van der Waals surface area contributed by atoms with Gasteiger partial charge in [-0.15, -0.1) is 0 Å². The van der Waals surface area contributed by atoms with Crippen molar-refractivity contribution in [3.63, 3.8) is 0 Å². The van der Waals surface area contributed by atoms with Gasteiger partial charge in [-0.3, -0.25) is 4.68 Å². The second-order valence-electron chi connectivity index (χ2n) is 4.07. The SMILES string of the molecule is Cn1ncc2c1Cc1cc(Cl)ccc1NC2. The first-order chi connectivity index (χ1) is 7.74. The van der Waals surface area contributed by atoms with Crippen molar-refractivity contribution in [2.24, 2.45) is 7.05 Å². The normalized spacial score (nSPS) is 13.6. The Balaban J connectivity index is 2.11. The molecule has 0 unspecified atom stereocenters. The average molecular weight is 234 g/mol. The van der Waals surface area contributed by atoms with E-state index in [2.05, 4.69) is 10.4 Å². The second-order valence-corrected chi connectivity index (χ2v) is 4.51.